The maximum absolute atomic E-state index is 5.24. The van der Waals surface area contributed by atoms with E-state index in [9.17, 15) is 0 Å². The van der Waals surface area contributed by atoms with Crippen molar-refractivity contribution in [1.29, 1.82) is 0 Å². The van der Waals surface area contributed by atoms with Crippen LogP contribution >= 0.6 is 0 Å². The standard InChI is InChI=1S/C8H9N3O/c1-6-4-9-5-7(11-6)8-10-2-3-12-8/h4-5H,2-3H2,1H3. The molecule has 0 bridgehead atoms. The van der Waals surface area contributed by atoms with Gasteiger partial charge in [-0.1, -0.05) is 0 Å². The van der Waals surface area contributed by atoms with Crippen molar-refractivity contribution in [1.82, 2.24) is 9.97 Å². The van der Waals surface area contributed by atoms with Crippen molar-refractivity contribution in [3.8, 4) is 0 Å². The van der Waals surface area contributed by atoms with Crippen LogP contribution in [0, 0.1) is 6.92 Å². The Morgan fingerprint density at radius 1 is 1.42 bits per heavy atom. The van der Waals surface area contributed by atoms with Gasteiger partial charge in [0.1, 0.15) is 12.3 Å². The molecule has 1 aromatic heterocycles. The molecular weight excluding hydrogens is 154 g/mol. The Morgan fingerprint density at radius 2 is 2.33 bits per heavy atom. The van der Waals surface area contributed by atoms with E-state index in [1.165, 1.54) is 0 Å². The predicted molar refractivity (Wildman–Crippen MR) is 44.1 cm³/mol. The molecule has 2 heterocycles. The average molecular weight is 163 g/mol. The molecule has 1 aliphatic heterocycles. The Hall–Kier alpha value is -1.45. The summed E-state index contributed by atoms with van der Waals surface area (Å²) < 4.78 is 5.24. The lowest BCUT2D eigenvalue weighted by molar-refractivity contribution is 0.347. The van der Waals surface area contributed by atoms with Crippen LogP contribution in [0.5, 0.6) is 0 Å². The Bertz CT molecular complexity index is 322. The van der Waals surface area contributed by atoms with Crippen LogP contribution in [0.15, 0.2) is 17.4 Å². The van der Waals surface area contributed by atoms with E-state index in [1.54, 1.807) is 12.4 Å². The first-order valence-corrected chi connectivity index (χ1v) is 3.82. The lowest BCUT2D eigenvalue weighted by Gasteiger charge is -1.99. The average Bonchev–Trinajstić information content (AvgIpc) is 2.56. The van der Waals surface area contributed by atoms with E-state index in [-0.39, 0.29) is 0 Å². The molecular formula is C8H9N3O. The highest BCUT2D eigenvalue weighted by atomic mass is 16.5. The fourth-order valence-electron chi connectivity index (χ4n) is 1.06. The van der Waals surface area contributed by atoms with E-state index in [0.717, 1.165) is 17.9 Å². The number of ether oxygens (including phenoxy) is 1. The van der Waals surface area contributed by atoms with Crippen molar-refractivity contribution in [2.45, 2.75) is 6.92 Å². The smallest absolute Gasteiger partial charge is 0.237 e. The van der Waals surface area contributed by atoms with Crippen molar-refractivity contribution < 1.29 is 4.74 Å². The topological polar surface area (TPSA) is 47.4 Å². The number of aryl methyl sites for hydroxylation is 1. The Labute approximate surface area is 70.3 Å². The van der Waals surface area contributed by atoms with Crippen molar-refractivity contribution in [3.63, 3.8) is 0 Å². The molecule has 0 fully saturated rings. The number of aliphatic imine (C=N–C) groups is 1. The quantitative estimate of drug-likeness (QED) is 0.607. The number of nitrogens with zero attached hydrogens (tertiary/aromatic N) is 3. The molecule has 0 amide bonds. The summed E-state index contributed by atoms with van der Waals surface area (Å²) in [4.78, 5) is 12.4. The minimum Gasteiger partial charge on any atom is -0.474 e. The SMILES string of the molecule is Cc1cncc(C2=NCCO2)n1. The molecule has 0 aliphatic carbocycles. The normalized spacial score (nSPS) is 15.6. The van der Waals surface area contributed by atoms with Crippen LogP contribution in [-0.2, 0) is 4.74 Å². The number of aromatic nitrogens is 2. The zero-order chi connectivity index (χ0) is 8.39. The Balaban J connectivity index is 2.33. The highest BCUT2D eigenvalue weighted by Crippen LogP contribution is 2.03. The van der Waals surface area contributed by atoms with Crippen LogP contribution in [0.4, 0.5) is 0 Å². The first kappa shape index (κ1) is 7.21. The molecule has 1 aromatic rings. The van der Waals surface area contributed by atoms with Gasteiger partial charge in [0.15, 0.2) is 0 Å². The van der Waals surface area contributed by atoms with Crippen LogP contribution in [0.3, 0.4) is 0 Å². The fourth-order valence-corrected chi connectivity index (χ4v) is 1.06. The molecule has 1 aliphatic rings. The minimum atomic E-state index is 0.617. The Morgan fingerprint density at radius 3 is 3.00 bits per heavy atom. The van der Waals surface area contributed by atoms with Gasteiger partial charge in [-0.15, -0.1) is 0 Å². The monoisotopic (exact) mass is 163 g/mol. The second-order valence-corrected chi connectivity index (χ2v) is 2.58. The lowest BCUT2D eigenvalue weighted by atomic mass is 10.4. The van der Waals surface area contributed by atoms with Gasteiger partial charge in [-0.25, -0.2) is 9.98 Å². The third-order valence-electron chi connectivity index (χ3n) is 1.56. The summed E-state index contributed by atoms with van der Waals surface area (Å²) in [5.41, 5.74) is 1.61. The number of rotatable bonds is 1. The summed E-state index contributed by atoms with van der Waals surface area (Å²) in [7, 11) is 0. The third-order valence-corrected chi connectivity index (χ3v) is 1.56. The highest BCUT2D eigenvalue weighted by Gasteiger charge is 2.11. The second-order valence-electron chi connectivity index (χ2n) is 2.58. The van der Waals surface area contributed by atoms with Gasteiger partial charge in [0.2, 0.25) is 5.90 Å². The van der Waals surface area contributed by atoms with Crippen LogP contribution in [-0.4, -0.2) is 29.0 Å². The molecule has 0 unspecified atom stereocenters. The maximum atomic E-state index is 5.24. The molecule has 0 aromatic carbocycles. The Kier molecular flexibility index (Phi) is 1.74. The predicted octanol–water partition coefficient (Wildman–Crippen LogP) is 0.562. The molecule has 0 saturated heterocycles. The molecule has 12 heavy (non-hydrogen) atoms. The van der Waals surface area contributed by atoms with Crippen molar-refractivity contribution in [3.05, 3.63) is 23.8 Å². The number of hydrogen-bond donors (Lipinski definition) is 0. The molecule has 4 heteroatoms. The van der Waals surface area contributed by atoms with Crippen molar-refractivity contribution in [2.24, 2.45) is 4.99 Å². The second kappa shape index (κ2) is 2.89. The van der Waals surface area contributed by atoms with Gasteiger partial charge in [0.05, 0.1) is 18.4 Å². The van der Waals surface area contributed by atoms with Gasteiger partial charge in [-0.3, -0.25) is 4.98 Å². The summed E-state index contributed by atoms with van der Waals surface area (Å²) in [6.07, 6.45) is 3.37. The molecule has 0 radical (unpaired) electrons. The largest absolute Gasteiger partial charge is 0.474 e. The molecule has 2 rings (SSSR count). The van der Waals surface area contributed by atoms with Crippen molar-refractivity contribution >= 4 is 5.90 Å². The summed E-state index contributed by atoms with van der Waals surface area (Å²) in [6, 6.07) is 0. The van der Waals surface area contributed by atoms with Crippen LogP contribution in [0.2, 0.25) is 0 Å². The van der Waals surface area contributed by atoms with Crippen LogP contribution in [0.1, 0.15) is 11.4 Å². The molecule has 0 spiro atoms. The van der Waals surface area contributed by atoms with E-state index in [0.29, 0.717) is 12.5 Å². The molecule has 4 nitrogen and oxygen atoms in total. The van der Waals surface area contributed by atoms with Crippen LogP contribution < -0.4 is 0 Å². The van der Waals surface area contributed by atoms with Gasteiger partial charge >= 0.3 is 0 Å². The maximum Gasteiger partial charge on any atom is 0.237 e. The van der Waals surface area contributed by atoms with E-state index < -0.39 is 0 Å². The van der Waals surface area contributed by atoms with Gasteiger partial charge in [-0.2, -0.15) is 0 Å². The van der Waals surface area contributed by atoms with E-state index in [2.05, 4.69) is 15.0 Å². The highest BCUT2D eigenvalue weighted by molar-refractivity contribution is 5.92. The summed E-state index contributed by atoms with van der Waals surface area (Å²) in [5, 5.41) is 0. The molecule has 0 N–H and O–H groups in total. The van der Waals surface area contributed by atoms with E-state index in [4.69, 9.17) is 4.74 Å². The van der Waals surface area contributed by atoms with Crippen LogP contribution in [0.25, 0.3) is 0 Å². The summed E-state index contributed by atoms with van der Waals surface area (Å²) in [5.74, 6) is 0.617. The summed E-state index contributed by atoms with van der Waals surface area (Å²) >= 11 is 0. The van der Waals surface area contributed by atoms with Gasteiger partial charge in [-0.05, 0) is 6.92 Å². The number of hydrogen-bond acceptors (Lipinski definition) is 4. The first-order chi connectivity index (χ1) is 5.86. The molecule has 0 saturated carbocycles. The zero-order valence-corrected chi connectivity index (χ0v) is 6.82. The van der Waals surface area contributed by atoms with E-state index >= 15 is 0 Å². The molecule has 62 valence electrons. The van der Waals surface area contributed by atoms with Gasteiger partial charge in [0.25, 0.3) is 0 Å². The van der Waals surface area contributed by atoms with Gasteiger partial charge < -0.3 is 4.74 Å². The zero-order valence-electron chi connectivity index (χ0n) is 6.82. The van der Waals surface area contributed by atoms with Crippen molar-refractivity contribution in [2.75, 3.05) is 13.2 Å². The summed E-state index contributed by atoms with van der Waals surface area (Å²) in [6.45, 7) is 3.28. The lowest BCUT2D eigenvalue weighted by Crippen LogP contribution is -2.05. The fraction of sp³-hybridized carbons (Fsp3) is 0.375. The van der Waals surface area contributed by atoms with Gasteiger partial charge in [0, 0.05) is 6.20 Å². The minimum absolute atomic E-state index is 0.617. The third kappa shape index (κ3) is 1.28. The molecule has 0 atom stereocenters. The van der Waals surface area contributed by atoms with E-state index in [1.807, 2.05) is 6.92 Å². The first-order valence-electron chi connectivity index (χ1n) is 3.82.